The third-order valence-electron chi connectivity index (χ3n) is 2.68. The van der Waals surface area contributed by atoms with E-state index in [-0.39, 0.29) is 0 Å². The lowest BCUT2D eigenvalue weighted by Crippen LogP contribution is -2.29. The average molecular weight is 459 g/mol. The summed E-state index contributed by atoms with van der Waals surface area (Å²) in [6.07, 6.45) is 1.61. The van der Waals surface area contributed by atoms with Crippen molar-refractivity contribution in [3.63, 3.8) is 0 Å². The monoisotopic (exact) mass is 458 g/mol. The van der Waals surface area contributed by atoms with Gasteiger partial charge in [0, 0.05) is 34.5 Å². The number of aliphatic hydroxyl groups excluding tert-OH is 2. The predicted octanol–water partition coefficient (Wildman–Crippen LogP) is 2.47. The summed E-state index contributed by atoms with van der Waals surface area (Å²) < 4.78 is 38.1. The van der Waals surface area contributed by atoms with E-state index in [0.29, 0.717) is 35.9 Å². The molecule has 0 saturated heterocycles. The summed E-state index contributed by atoms with van der Waals surface area (Å²) in [5, 5.41) is 19.7. The minimum Gasteiger partial charge on any atom is -0.390 e. The molecule has 12 heteroatoms. The van der Waals surface area contributed by atoms with E-state index in [9.17, 15) is 18.6 Å². The highest BCUT2D eigenvalue weighted by Gasteiger charge is 2.16. The standard InChI is InChI=1S/C12H26O6S6/c13-11(9-21-19-5-1-3-7-23(15)16)12(14)10-22-20-6-2-4-8-24(17)18/h11-14H,1-10H2,(H,15,16)(H,17,18)/t11-,12-/m1/s1. The van der Waals surface area contributed by atoms with Gasteiger partial charge in [-0.15, -0.1) is 0 Å². The number of unbranched alkanes of at least 4 members (excludes halogenated alkanes) is 2. The molecule has 0 aliphatic rings. The Hall–Kier alpha value is 1.54. The van der Waals surface area contributed by atoms with Crippen LogP contribution in [-0.2, 0) is 22.2 Å². The van der Waals surface area contributed by atoms with E-state index in [0.717, 1.165) is 24.3 Å². The van der Waals surface area contributed by atoms with Crippen LogP contribution in [0.1, 0.15) is 25.7 Å². The molecule has 0 spiro atoms. The molecule has 0 aromatic heterocycles. The highest BCUT2D eigenvalue weighted by atomic mass is 33.1. The van der Waals surface area contributed by atoms with E-state index >= 15 is 0 Å². The minimum absolute atomic E-state index is 0.305. The highest BCUT2D eigenvalue weighted by Crippen LogP contribution is 2.27. The molecule has 0 amide bonds. The van der Waals surface area contributed by atoms with Gasteiger partial charge >= 0.3 is 0 Å². The predicted molar refractivity (Wildman–Crippen MR) is 112 cm³/mol. The Morgan fingerprint density at radius 2 is 1.04 bits per heavy atom. The van der Waals surface area contributed by atoms with Crippen LogP contribution in [0.25, 0.3) is 0 Å². The first-order valence-electron chi connectivity index (χ1n) is 7.43. The zero-order valence-electron chi connectivity index (χ0n) is 13.3. The van der Waals surface area contributed by atoms with Crippen LogP contribution in [0.2, 0.25) is 0 Å². The lowest BCUT2D eigenvalue weighted by Gasteiger charge is -2.16. The summed E-state index contributed by atoms with van der Waals surface area (Å²) in [5.41, 5.74) is 0. The molecule has 0 aliphatic carbocycles. The molecule has 0 rings (SSSR count). The molecule has 0 aliphatic heterocycles. The second kappa shape index (κ2) is 17.9. The van der Waals surface area contributed by atoms with Crippen molar-refractivity contribution < 1.29 is 27.7 Å². The first kappa shape index (κ1) is 25.5. The van der Waals surface area contributed by atoms with Crippen LogP contribution in [0.4, 0.5) is 0 Å². The molecule has 0 aromatic rings. The third-order valence-corrected chi connectivity index (χ3v) is 8.97. The van der Waals surface area contributed by atoms with Crippen LogP contribution in [0.3, 0.4) is 0 Å². The number of rotatable bonds is 17. The Morgan fingerprint density at radius 3 is 1.38 bits per heavy atom. The highest BCUT2D eigenvalue weighted by molar-refractivity contribution is 8.77. The van der Waals surface area contributed by atoms with Gasteiger partial charge in [0.25, 0.3) is 0 Å². The molecular weight excluding hydrogens is 433 g/mol. The SMILES string of the molecule is O=S(O)CCCCSSC[C@@H](O)[C@H](O)CSSCCCCS(=O)O. The molecule has 0 aromatic carbocycles. The quantitative estimate of drug-likeness (QED) is 0.147. The second-order valence-corrected chi connectivity index (χ2v) is 12.2. The van der Waals surface area contributed by atoms with Crippen LogP contribution >= 0.6 is 43.2 Å². The fourth-order valence-electron chi connectivity index (χ4n) is 1.35. The van der Waals surface area contributed by atoms with Crippen LogP contribution in [0.15, 0.2) is 0 Å². The van der Waals surface area contributed by atoms with Gasteiger partial charge in [-0.1, -0.05) is 43.2 Å². The molecule has 6 nitrogen and oxygen atoms in total. The zero-order chi connectivity index (χ0) is 18.2. The maximum absolute atomic E-state index is 10.5. The summed E-state index contributed by atoms with van der Waals surface area (Å²) in [4.78, 5) is 0. The smallest absolute Gasteiger partial charge is 0.152 e. The van der Waals surface area contributed by atoms with Gasteiger partial charge in [-0.2, -0.15) is 0 Å². The largest absolute Gasteiger partial charge is 0.390 e. The summed E-state index contributed by atoms with van der Waals surface area (Å²) in [6.45, 7) is 0. The normalized spacial score (nSPS) is 16.7. The molecule has 0 radical (unpaired) electrons. The van der Waals surface area contributed by atoms with Crippen molar-refractivity contribution in [1.82, 2.24) is 0 Å². The van der Waals surface area contributed by atoms with Gasteiger partial charge in [-0.05, 0) is 25.7 Å². The van der Waals surface area contributed by atoms with Gasteiger partial charge in [0.05, 0.1) is 12.2 Å². The molecule has 24 heavy (non-hydrogen) atoms. The Labute approximate surface area is 164 Å². The van der Waals surface area contributed by atoms with Gasteiger partial charge in [0.2, 0.25) is 0 Å². The van der Waals surface area contributed by atoms with E-state index in [1.54, 1.807) is 21.6 Å². The first-order chi connectivity index (χ1) is 11.4. The number of aliphatic hydroxyl groups is 2. The van der Waals surface area contributed by atoms with E-state index in [1.807, 2.05) is 0 Å². The van der Waals surface area contributed by atoms with Crippen LogP contribution < -0.4 is 0 Å². The van der Waals surface area contributed by atoms with E-state index < -0.39 is 34.4 Å². The Kier molecular flexibility index (Phi) is 19.1. The minimum atomic E-state index is -1.71. The van der Waals surface area contributed by atoms with Gasteiger partial charge in [0.1, 0.15) is 0 Å². The Bertz CT molecular complexity index is 316. The van der Waals surface area contributed by atoms with Crippen molar-refractivity contribution in [1.29, 1.82) is 0 Å². The van der Waals surface area contributed by atoms with Crippen LogP contribution in [0, 0.1) is 0 Å². The summed E-state index contributed by atoms with van der Waals surface area (Å²) in [5.74, 6) is 3.22. The van der Waals surface area contributed by atoms with E-state index in [2.05, 4.69) is 0 Å². The number of hydrogen-bond acceptors (Lipinski definition) is 8. The molecule has 0 saturated carbocycles. The molecular formula is C12H26O6S6. The molecule has 146 valence electrons. The molecule has 0 heterocycles. The molecule has 0 fully saturated rings. The second-order valence-electron chi connectivity index (χ2n) is 4.81. The topological polar surface area (TPSA) is 115 Å². The molecule has 4 N–H and O–H groups in total. The molecule has 0 bridgehead atoms. The maximum atomic E-state index is 10.5. The van der Waals surface area contributed by atoms with Crippen molar-refractivity contribution in [2.24, 2.45) is 0 Å². The Morgan fingerprint density at radius 1 is 0.667 bits per heavy atom. The lowest BCUT2D eigenvalue weighted by atomic mass is 10.3. The van der Waals surface area contributed by atoms with Crippen molar-refractivity contribution in [3.05, 3.63) is 0 Å². The zero-order valence-corrected chi connectivity index (χ0v) is 18.2. The summed E-state index contributed by atoms with van der Waals surface area (Å²) >= 11 is -3.43. The van der Waals surface area contributed by atoms with E-state index in [1.165, 1.54) is 21.6 Å². The van der Waals surface area contributed by atoms with Crippen molar-refractivity contribution >= 4 is 65.3 Å². The van der Waals surface area contributed by atoms with Gasteiger partial charge in [-0.3, -0.25) is 0 Å². The van der Waals surface area contributed by atoms with Crippen molar-refractivity contribution in [2.75, 3.05) is 34.5 Å². The maximum Gasteiger partial charge on any atom is 0.152 e. The van der Waals surface area contributed by atoms with Crippen LogP contribution in [-0.4, -0.2) is 74.5 Å². The average Bonchev–Trinajstić information content (AvgIpc) is 2.51. The lowest BCUT2D eigenvalue weighted by molar-refractivity contribution is 0.0503. The summed E-state index contributed by atoms with van der Waals surface area (Å²) in [6, 6.07) is 0. The van der Waals surface area contributed by atoms with E-state index in [4.69, 9.17) is 9.11 Å². The fourth-order valence-corrected chi connectivity index (χ4v) is 6.87. The van der Waals surface area contributed by atoms with Gasteiger partial charge in [-0.25, -0.2) is 8.42 Å². The van der Waals surface area contributed by atoms with Crippen molar-refractivity contribution in [3.8, 4) is 0 Å². The first-order valence-corrected chi connectivity index (χ1v) is 15.0. The Balaban J connectivity index is 3.41. The molecule has 4 atom stereocenters. The van der Waals surface area contributed by atoms with Gasteiger partial charge in [0.15, 0.2) is 22.2 Å². The molecule has 2 unspecified atom stereocenters. The number of hydrogen-bond donors (Lipinski definition) is 4. The van der Waals surface area contributed by atoms with Gasteiger partial charge < -0.3 is 19.3 Å². The van der Waals surface area contributed by atoms with Crippen molar-refractivity contribution in [2.45, 2.75) is 37.9 Å². The summed E-state index contributed by atoms with van der Waals surface area (Å²) in [7, 11) is 6.20. The third kappa shape index (κ3) is 18.3. The fraction of sp³-hybridized carbons (Fsp3) is 1.00. The van der Waals surface area contributed by atoms with Crippen LogP contribution in [0.5, 0.6) is 0 Å².